The molecule has 2 atom stereocenters. The van der Waals surface area contributed by atoms with E-state index in [1.165, 1.54) is 0 Å². The quantitative estimate of drug-likeness (QED) is 0.810. The van der Waals surface area contributed by atoms with Crippen molar-refractivity contribution in [2.24, 2.45) is 5.92 Å². The third-order valence-electron chi connectivity index (χ3n) is 3.32. The third-order valence-corrected chi connectivity index (χ3v) is 3.32. The van der Waals surface area contributed by atoms with E-state index in [4.69, 9.17) is 9.47 Å². The van der Waals surface area contributed by atoms with Crippen molar-refractivity contribution in [1.82, 2.24) is 10.2 Å². The molecule has 1 saturated heterocycles. The molecule has 134 valence electrons. The fraction of sp³-hybridized carbons (Fsp3) is 0.875. The van der Waals surface area contributed by atoms with E-state index in [1.807, 2.05) is 20.8 Å². The maximum Gasteiger partial charge on any atom is 0.410 e. The van der Waals surface area contributed by atoms with Gasteiger partial charge in [-0.2, -0.15) is 0 Å². The number of alkyl carbamates (subject to hydrolysis) is 1. The van der Waals surface area contributed by atoms with Crippen LogP contribution in [0.5, 0.6) is 0 Å². The van der Waals surface area contributed by atoms with Crippen LogP contribution in [0, 0.1) is 5.92 Å². The summed E-state index contributed by atoms with van der Waals surface area (Å²) in [6.45, 7) is 11.5. The summed E-state index contributed by atoms with van der Waals surface area (Å²) in [6.07, 6.45) is -0.359. The normalized spacial score (nSPS) is 22.5. The summed E-state index contributed by atoms with van der Waals surface area (Å²) in [7, 11) is 0. The zero-order valence-electron chi connectivity index (χ0n) is 15.0. The number of hydrogen-bond donors (Lipinski definition) is 2. The summed E-state index contributed by atoms with van der Waals surface area (Å²) < 4.78 is 10.6. The van der Waals surface area contributed by atoms with Crippen LogP contribution in [0.15, 0.2) is 0 Å². The highest BCUT2D eigenvalue weighted by atomic mass is 16.6. The molecule has 1 heterocycles. The van der Waals surface area contributed by atoms with Crippen LogP contribution in [0.4, 0.5) is 9.59 Å². The predicted molar refractivity (Wildman–Crippen MR) is 86.2 cm³/mol. The lowest BCUT2D eigenvalue weighted by molar-refractivity contribution is 0.00643. The molecule has 7 heteroatoms. The Bertz CT molecular complexity index is 425. The topological polar surface area (TPSA) is 88.1 Å². The molecule has 2 amide bonds. The number of nitrogens with zero attached hydrogens (tertiary/aromatic N) is 1. The second kappa shape index (κ2) is 7.38. The molecule has 7 nitrogen and oxygen atoms in total. The molecule has 2 N–H and O–H groups in total. The Morgan fingerprint density at radius 1 is 1.13 bits per heavy atom. The second-order valence-corrected chi connectivity index (χ2v) is 7.91. The van der Waals surface area contributed by atoms with Gasteiger partial charge in [-0.05, 0) is 48.0 Å². The minimum atomic E-state index is -0.573. The Morgan fingerprint density at radius 2 is 1.70 bits per heavy atom. The highest BCUT2D eigenvalue weighted by Gasteiger charge is 2.34. The molecule has 1 rings (SSSR count). The van der Waals surface area contributed by atoms with Gasteiger partial charge >= 0.3 is 12.2 Å². The fourth-order valence-corrected chi connectivity index (χ4v) is 2.36. The number of ether oxygens (including phenoxy) is 2. The average molecular weight is 330 g/mol. The molecule has 0 radical (unpaired) electrons. The van der Waals surface area contributed by atoms with Gasteiger partial charge in [-0.3, -0.25) is 0 Å². The zero-order valence-corrected chi connectivity index (χ0v) is 15.0. The monoisotopic (exact) mass is 330 g/mol. The standard InChI is InChI=1S/C16H30N2O5/c1-15(2,3)22-13(20)17-12-7-8-18(9-11(12)10-19)14(21)23-16(4,5)6/h11-12,19H,7-10H2,1-6H3,(H,17,20). The van der Waals surface area contributed by atoms with Crippen molar-refractivity contribution >= 4 is 12.2 Å². The Morgan fingerprint density at radius 3 is 2.17 bits per heavy atom. The number of piperidine rings is 1. The first-order valence-electron chi connectivity index (χ1n) is 7.99. The maximum atomic E-state index is 12.1. The first-order chi connectivity index (χ1) is 10.4. The molecule has 0 aromatic heterocycles. The van der Waals surface area contributed by atoms with Crippen LogP contribution in [-0.4, -0.2) is 59.1 Å². The van der Waals surface area contributed by atoms with Crippen molar-refractivity contribution in [3.63, 3.8) is 0 Å². The smallest absolute Gasteiger partial charge is 0.410 e. The first-order valence-corrected chi connectivity index (χ1v) is 7.99. The molecule has 1 aliphatic heterocycles. The molecule has 1 aliphatic rings. The van der Waals surface area contributed by atoms with Gasteiger partial charge in [0.2, 0.25) is 0 Å². The van der Waals surface area contributed by atoms with Crippen LogP contribution in [0.2, 0.25) is 0 Å². The maximum absolute atomic E-state index is 12.1. The third kappa shape index (κ3) is 7.07. The summed E-state index contributed by atoms with van der Waals surface area (Å²) >= 11 is 0. The van der Waals surface area contributed by atoms with Crippen LogP contribution < -0.4 is 5.32 Å². The largest absolute Gasteiger partial charge is 0.444 e. The molecular weight excluding hydrogens is 300 g/mol. The SMILES string of the molecule is CC(C)(C)OC(=O)NC1CCN(C(=O)OC(C)(C)C)CC1CO. The summed E-state index contributed by atoms with van der Waals surface area (Å²) in [5.41, 5.74) is -1.13. The predicted octanol–water partition coefficient (Wildman–Crippen LogP) is 2.13. The number of aliphatic hydroxyl groups excluding tert-OH is 1. The molecule has 0 saturated carbocycles. The molecule has 0 aromatic rings. The van der Waals surface area contributed by atoms with Gasteiger partial charge in [0.15, 0.2) is 0 Å². The van der Waals surface area contributed by atoms with E-state index < -0.39 is 23.4 Å². The van der Waals surface area contributed by atoms with E-state index in [1.54, 1.807) is 25.7 Å². The second-order valence-electron chi connectivity index (χ2n) is 7.91. The lowest BCUT2D eigenvalue weighted by atomic mass is 9.93. The van der Waals surface area contributed by atoms with Gasteiger partial charge in [-0.15, -0.1) is 0 Å². The van der Waals surface area contributed by atoms with Gasteiger partial charge in [0.05, 0.1) is 0 Å². The average Bonchev–Trinajstić information content (AvgIpc) is 2.34. The van der Waals surface area contributed by atoms with Crippen LogP contribution in [0.25, 0.3) is 0 Å². The lowest BCUT2D eigenvalue weighted by Gasteiger charge is -2.38. The van der Waals surface area contributed by atoms with Gasteiger partial charge < -0.3 is 24.8 Å². The van der Waals surface area contributed by atoms with Crippen LogP contribution >= 0.6 is 0 Å². The number of hydrogen-bond acceptors (Lipinski definition) is 5. The van der Waals surface area contributed by atoms with Gasteiger partial charge in [0.1, 0.15) is 11.2 Å². The van der Waals surface area contributed by atoms with Crippen molar-refractivity contribution in [1.29, 1.82) is 0 Å². The van der Waals surface area contributed by atoms with E-state index in [0.717, 1.165) is 0 Å². The minimum Gasteiger partial charge on any atom is -0.444 e. The van der Waals surface area contributed by atoms with Crippen molar-refractivity contribution in [3.05, 3.63) is 0 Å². The summed E-state index contributed by atoms with van der Waals surface area (Å²) in [4.78, 5) is 25.5. The number of carbonyl (C=O) groups is 2. The summed E-state index contributed by atoms with van der Waals surface area (Å²) in [5, 5.41) is 12.4. The number of nitrogens with one attached hydrogen (secondary N) is 1. The van der Waals surface area contributed by atoms with E-state index in [0.29, 0.717) is 19.5 Å². The number of likely N-dealkylation sites (tertiary alicyclic amines) is 1. The lowest BCUT2D eigenvalue weighted by Crippen LogP contribution is -2.54. The van der Waals surface area contributed by atoms with Crippen molar-refractivity contribution in [3.8, 4) is 0 Å². The van der Waals surface area contributed by atoms with E-state index >= 15 is 0 Å². The summed E-state index contributed by atoms with van der Waals surface area (Å²) in [6, 6.07) is -0.228. The molecule has 0 aliphatic carbocycles. The molecule has 0 bridgehead atoms. The highest BCUT2D eigenvalue weighted by molar-refractivity contribution is 5.69. The Kier molecular flexibility index (Phi) is 6.27. The van der Waals surface area contributed by atoms with Crippen LogP contribution in [-0.2, 0) is 9.47 Å². The van der Waals surface area contributed by atoms with E-state index in [2.05, 4.69) is 5.32 Å². The van der Waals surface area contributed by atoms with E-state index in [9.17, 15) is 14.7 Å². The van der Waals surface area contributed by atoms with Gasteiger partial charge in [0, 0.05) is 31.7 Å². The Hall–Kier alpha value is -1.50. The van der Waals surface area contributed by atoms with Crippen LogP contribution in [0.3, 0.4) is 0 Å². The fourth-order valence-electron chi connectivity index (χ4n) is 2.36. The molecule has 23 heavy (non-hydrogen) atoms. The molecule has 0 spiro atoms. The van der Waals surface area contributed by atoms with Gasteiger partial charge in [-0.25, -0.2) is 9.59 Å². The van der Waals surface area contributed by atoms with Crippen molar-refractivity contribution in [2.45, 2.75) is 65.2 Å². The van der Waals surface area contributed by atoms with E-state index in [-0.39, 0.29) is 18.6 Å². The molecule has 0 aromatic carbocycles. The molecule has 1 fully saturated rings. The zero-order chi connectivity index (χ0) is 17.8. The number of aliphatic hydroxyl groups is 1. The minimum absolute atomic E-state index is 0.125. The van der Waals surface area contributed by atoms with Crippen LogP contribution in [0.1, 0.15) is 48.0 Å². The first kappa shape index (κ1) is 19.5. The number of rotatable bonds is 2. The number of carbonyl (C=O) groups excluding carboxylic acids is 2. The molecule has 2 unspecified atom stereocenters. The Balaban J connectivity index is 2.59. The van der Waals surface area contributed by atoms with Gasteiger partial charge in [0.25, 0.3) is 0 Å². The van der Waals surface area contributed by atoms with Gasteiger partial charge in [-0.1, -0.05) is 0 Å². The Labute approximate surface area is 138 Å². The molecular formula is C16H30N2O5. The highest BCUT2D eigenvalue weighted by Crippen LogP contribution is 2.20. The van der Waals surface area contributed by atoms with Crippen molar-refractivity contribution < 1.29 is 24.2 Å². The summed E-state index contributed by atoms with van der Waals surface area (Å²) in [5.74, 6) is -0.246. The number of amides is 2. The van der Waals surface area contributed by atoms with Crippen molar-refractivity contribution in [2.75, 3.05) is 19.7 Å².